The Kier molecular flexibility index (Phi) is 5.57. The summed E-state index contributed by atoms with van der Waals surface area (Å²) in [7, 11) is 1.60. The van der Waals surface area contributed by atoms with E-state index >= 15 is 0 Å². The number of rotatable bonds is 5. The van der Waals surface area contributed by atoms with Gasteiger partial charge in [0.25, 0.3) is 0 Å². The van der Waals surface area contributed by atoms with E-state index in [1.807, 2.05) is 38.1 Å². The number of ketones is 1. The first-order valence-electron chi connectivity index (χ1n) is 9.73. The van der Waals surface area contributed by atoms with Gasteiger partial charge in [-0.3, -0.25) is 10.2 Å². The van der Waals surface area contributed by atoms with Gasteiger partial charge < -0.3 is 9.72 Å². The summed E-state index contributed by atoms with van der Waals surface area (Å²) in [6.07, 6.45) is 5.24. The average Bonchev–Trinajstić information content (AvgIpc) is 3.17. The van der Waals surface area contributed by atoms with Gasteiger partial charge in [0, 0.05) is 40.5 Å². The van der Waals surface area contributed by atoms with Crippen LogP contribution in [0.4, 0.5) is 0 Å². The van der Waals surface area contributed by atoms with Crippen molar-refractivity contribution in [2.24, 2.45) is 4.99 Å². The molecule has 0 amide bonds. The summed E-state index contributed by atoms with van der Waals surface area (Å²) in [5, 5.41) is 9.29. The second-order valence-electron chi connectivity index (χ2n) is 7.36. The maximum Gasteiger partial charge on any atom is 0.182 e. The number of carbonyl (C=O) groups is 1. The number of methoxy groups -OCH3 is 1. The SMILES string of the molecule is COc1ccc(-c2cc3cc(/C=C/C(=O)C4=C(C)C(C)=NC(=N)C4)cnc3[nH]2)c(Cl)c1. The van der Waals surface area contributed by atoms with Crippen LogP contribution >= 0.6 is 11.6 Å². The van der Waals surface area contributed by atoms with Crippen LogP contribution in [-0.4, -0.2) is 34.4 Å². The highest BCUT2D eigenvalue weighted by Crippen LogP contribution is 2.32. The fourth-order valence-corrected chi connectivity index (χ4v) is 3.77. The molecule has 0 saturated carbocycles. The van der Waals surface area contributed by atoms with Gasteiger partial charge in [0.15, 0.2) is 5.78 Å². The lowest BCUT2D eigenvalue weighted by Crippen LogP contribution is -2.16. The number of carbonyl (C=O) groups excluding carboxylic acids is 1. The number of amidine groups is 1. The summed E-state index contributed by atoms with van der Waals surface area (Å²) >= 11 is 6.40. The van der Waals surface area contributed by atoms with Gasteiger partial charge in [-0.15, -0.1) is 0 Å². The number of pyridine rings is 1. The second-order valence-corrected chi connectivity index (χ2v) is 7.76. The number of hydrogen-bond donors (Lipinski definition) is 2. The van der Waals surface area contributed by atoms with Gasteiger partial charge >= 0.3 is 0 Å². The Bertz CT molecular complexity index is 1310. The first kappa shape index (κ1) is 20.8. The number of nitrogens with one attached hydrogen (secondary N) is 2. The van der Waals surface area contributed by atoms with E-state index in [0.29, 0.717) is 22.1 Å². The van der Waals surface area contributed by atoms with Crippen molar-refractivity contribution in [3.05, 3.63) is 64.3 Å². The molecule has 0 fully saturated rings. The Morgan fingerprint density at radius 1 is 1.26 bits per heavy atom. The number of aromatic amines is 1. The van der Waals surface area contributed by atoms with E-state index in [1.165, 1.54) is 6.08 Å². The highest BCUT2D eigenvalue weighted by Gasteiger charge is 2.18. The Labute approximate surface area is 184 Å². The molecule has 2 aromatic heterocycles. The summed E-state index contributed by atoms with van der Waals surface area (Å²) in [6.45, 7) is 3.68. The van der Waals surface area contributed by atoms with Gasteiger partial charge in [0.05, 0.1) is 12.1 Å². The molecule has 0 saturated heterocycles. The third-order valence-corrected chi connectivity index (χ3v) is 5.64. The van der Waals surface area contributed by atoms with Crippen LogP contribution < -0.4 is 4.74 Å². The number of allylic oxidation sites excluding steroid dienone is 2. The van der Waals surface area contributed by atoms with Crippen molar-refractivity contribution in [1.29, 1.82) is 5.41 Å². The van der Waals surface area contributed by atoms with Crippen molar-refractivity contribution in [3.8, 4) is 17.0 Å². The van der Waals surface area contributed by atoms with Crippen LogP contribution in [0.2, 0.25) is 5.02 Å². The van der Waals surface area contributed by atoms with Gasteiger partial charge in [-0.05, 0) is 67.5 Å². The predicted octanol–water partition coefficient (Wildman–Crippen LogP) is 5.63. The Balaban J connectivity index is 1.60. The van der Waals surface area contributed by atoms with Gasteiger partial charge in [-0.1, -0.05) is 11.6 Å². The van der Waals surface area contributed by atoms with Crippen LogP contribution in [0.5, 0.6) is 5.75 Å². The van der Waals surface area contributed by atoms with Crippen molar-refractivity contribution in [1.82, 2.24) is 9.97 Å². The zero-order chi connectivity index (χ0) is 22.1. The lowest BCUT2D eigenvalue weighted by atomic mass is 9.95. The molecule has 0 aliphatic carbocycles. The number of halogens is 1. The van der Waals surface area contributed by atoms with Crippen LogP contribution in [0.3, 0.4) is 0 Å². The van der Waals surface area contributed by atoms with Crippen LogP contribution in [0.1, 0.15) is 25.8 Å². The number of benzene rings is 1. The fraction of sp³-hybridized carbons (Fsp3) is 0.167. The Morgan fingerprint density at radius 3 is 2.81 bits per heavy atom. The number of ether oxygens (including phenoxy) is 1. The largest absolute Gasteiger partial charge is 0.497 e. The van der Waals surface area contributed by atoms with E-state index in [4.69, 9.17) is 21.7 Å². The molecule has 0 radical (unpaired) electrons. The van der Waals surface area contributed by atoms with E-state index in [9.17, 15) is 4.79 Å². The van der Waals surface area contributed by atoms with Gasteiger partial charge in [-0.2, -0.15) is 0 Å². The topological polar surface area (TPSA) is 91.2 Å². The summed E-state index contributed by atoms with van der Waals surface area (Å²) in [5.74, 6) is 0.788. The lowest BCUT2D eigenvalue weighted by molar-refractivity contribution is -0.111. The van der Waals surface area contributed by atoms with E-state index in [1.54, 1.807) is 25.4 Å². The smallest absolute Gasteiger partial charge is 0.182 e. The molecule has 3 aromatic rings. The van der Waals surface area contributed by atoms with E-state index in [0.717, 1.165) is 33.4 Å². The zero-order valence-electron chi connectivity index (χ0n) is 17.4. The molecular weight excluding hydrogens is 412 g/mol. The van der Waals surface area contributed by atoms with Crippen molar-refractivity contribution < 1.29 is 9.53 Å². The van der Waals surface area contributed by atoms with E-state index in [-0.39, 0.29) is 18.0 Å². The van der Waals surface area contributed by atoms with Gasteiger partial charge in [0.2, 0.25) is 0 Å². The first-order chi connectivity index (χ1) is 14.9. The third kappa shape index (κ3) is 4.20. The monoisotopic (exact) mass is 432 g/mol. The number of fused-ring (bicyclic) bond motifs is 1. The van der Waals surface area contributed by atoms with Gasteiger partial charge in [0.1, 0.15) is 17.2 Å². The van der Waals surface area contributed by atoms with Crippen LogP contribution in [-0.2, 0) is 4.79 Å². The molecule has 0 bridgehead atoms. The molecule has 3 heterocycles. The number of dihydropyridines is 1. The minimum Gasteiger partial charge on any atom is -0.497 e. The van der Waals surface area contributed by atoms with Crippen LogP contribution in [0.15, 0.2) is 58.7 Å². The summed E-state index contributed by atoms with van der Waals surface area (Å²) in [5.41, 5.74) is 5.41. The normalized spacial score (nSPS) is 14.5. The number of hydrogen-bond acceptors (Lipinski definition) is 4. The molecule has 156 valence electrons. The molecule has 2 N–H and O–H groups in total. The van der Waals surface area contributed by atoms with Crippen molar-refractivity contribution in [3.63, 3.8) is 0 Å². The fourth-order valence-electron chi connectivity index (χ4n) is 3.50. The standard InChI is InChI=1S/C24H21ClN4O2/c1-13-14(2)28-23(26)11-19(13)22(30)7-4-15-8-16-9-21(29-24(16)27-12-15)18-6-5-17(31-3)10-20(18)25/h4-10,12,26H,11H2,1-3H3,(H,27,29)/b7-4+,26-23?. The number of aromatic nitrogens is 2. The second kappa shape index (κ2) is 8.32. The molecule has 1 aliphatic rings. The van der Waals surface area contributed by atoms with Crippen molar-refractivity contribution in [2.75, 3.05) is 7.11 Å². The number of aliphatic imine (C=N–C) groups is 1. The third-order valence-electron chi connectivity index (χ3n) is 5.32. The quantitative estimate of drug-likeness (QED) is 0.511. The van der Waals surface area contributed by atoms with Crippen molar-refractivity contribution in [2.45, 2.75) is 20.3 Å². The van der Waals surface area contributed by atoms with Crippen molar-refractivity contribution >= 4 is 46.0 Å². The first-order valence-corrected chi connectivity index (χ1v) is 10.1. The van der Waals surface area contributed by atoms with E-state index < -0.39 is 0 Å². The average molecular weight is 433 g/mol. The van der Waals surface area contributed by atoms with Gasteiger partial charge in [-0.25, -0.2) is 9.98 Å². The summed E-state index contributed by atoms with van der Waals surface area (Å²) in [4.78, 5) is 24.5. The highest BCUT2D eigenvalue weighted by molar-refractivity contribution is 6.33. The Hall–Kier alpha value is -3.51. The molecule has 0 atom stereocenters. The molecule has 1 aromatic carbocycles. The molecule has 7 heteroatoms. The maximum absolute atomic E-state index is 12.7. The molecule has 6 nitrogen and oxygen atoms in total. The lowest BCUT2D eigenvalue weighted by Gasteiger charge is -2.14. The summed E-state index contributed by atoms with van der Waals surface area (Å²) in [6, 6.07) is 9.46. The predicted molar refractivity (Wildman–Crippen MR) is 125 cm³/mol. The summed E-state index contributed by atoms with van der Waals surface area (Å²) < 4.78 is 5.21. The van der Waals surface area contributed by atoms with E-state index in [2.05, 4.69) is 15.0 Å². The molecular formula is C24H21ClN4O2. The maximum atomic E-state index is 12.7. The zero-order valence-corrected chi connectivity index (χ0v) is 18.2. The number of nitrogens with zero attached hydrogens (tertiary/aromatic N) is 2. The minimum absolute atomic E-state index is 0.114. The molecule has 0 unspecified atom stereocenters. The Morgan fingerprint density at radius 2 is 2.06 bits per heavy atom. The minimum atomic E-state index is -0.114. The molecule has 1 aliphatic heterocycles. The molecule has 4 rings (SSSR count). The highest BCUT2D eigenvalue weighted by atomic mass is 35.5. The molecule has 0 spiro atoms. The molecule has 31 heavy (non-hydrogen) atoms. The van der Waals surface area contributed by atoms with Crippen LogP contribution in [0.25, 0.3) is 28.4 Å². The number of H-pyrrole nitrogens is 1. The van der Waals surface area contributed by atoms with Crippen LogP contribution in [0, 0.1) is 5.41 Å².